The van der Waals surface area contributed by atoms with Crippen LogP contribution in [0, 0.1) is 5.92 Å². The number of hydrogen-bond acceptors (Lipinski definition) is 3. The van der Waals surface area contributed by atoms with E-state index in [0.29, 0.717) is 0 Å². The zero-order valence-corrected chi connectivity index (χ0v) is 15.0. The molecule has 4 nitrogen and oxygen atoms in total. The first-order valence-corrected chi connectivity index (χ1v) is 7.77. The van der Waals surface area contributed by atoms with Gasteiger partial charge >= 0.3 is 0 Å². The summed E-state index contributed by atoms with van der Waals surface area (Å²) in [5, 5.41) is 2.57. The Labute approximate surface area is 139 Å². The van der Waals surface area contributed by atoms with Crippen LogP contribution >= 0.6 is 0 Å². The predicted molar refractivity (Wildman–Crippen MR) is 96.6 cm³/mol. The summed E-state index contributed by atoms with van der Waals surface area (Å²) < 4.78 is 5.68. The van der Waals surface area contributed by atoms with Gasteiger partial charge < -0.3 is 15.0 Å². The van der Waals surface area contributed by atoms with E-state index in [4.69, 9.17) is 4.74 Å². The monoisotopic (exact) mass is 316 g/mol. The first-order valence-electron chi connectivity index (χ1n) is 7.77. The number of amides is 1. The van der Waals surface area contributed by atoms with Gasteiger partial charge in [0.25, 0.3) is 0 Å². The number of allylic oxidation sites excluding steroid dienone is 2. The second-order valence-corrected chi connectivity index (χ2v) is 5.86. The van der Waals surface area contributed by atoms with Crippen molar-refractivity contribution in [2.24, 2.45) is 5.92 Å². The lowest BCUT2D eigenvalue weighted by molar-refractivity contribution is -0.116. The van der Waals surface area contributed by atoms with Gasteiger partial charge in [-0.2, -0.15) is 0 Å². The van der Waals surface area contributed by atoms with Gasteiger partial charge in [0, 0.05) is 45.9 Å². The molecule has 1 amide bonds. The highest BCUT2D eigenvalue weighted by Crippen LogP contribution is 2.28. The number of carbonyl (C=O) groups excluding carboxylic acids is 1. The fourth-order valence-electron chi connectivity index (χ4n) is 2.46. The lowest BCUT2D eigenvalue weighted by atomic mass is 9.95. The zero-order chi connectivity index (χ0) is 17.4. The Bertz CT molecular complexity index is 559. The fourth-order valence-corrected chi connectivity index (χ4v) is 2.46. The maximum Gasteiger partial charge on any atom is 0.243 e. The molecule has 1 aromatic rings. The first-order chi connectivity index (χ1) is 10.9. The van der Waals surface area contributed by atoms with Crippen LogP contribution in [0.15, 0.2) is 48.1 Å². The highest BCUT2D eigenvalue weighted by atomic mass is 16.5. The third kappa shape index (κ3) is 5.91. The zero-order valence-electron chi connectivity index (χ0n) is 15.0. The molecule has 1 aromatic carbocycles. The van der Waals surface area contributed by atoms with Crippen molar-refractivity contribution in [3.05, 3.63) is 53.6 Å². The van der Waals surface area contributed by atoms with Crippen molar-refractivity contribution in [3.63, 3.8) is 0 Å². The SMILES string of the molecule is CNC(=O)/C=C/C(C)=C/C(C)C(OC)c1ccc(N(C)C)cc1. The Morgan fingerprint density at radius 1 is 1.22 bits per heavy atom. The van der Waals surface area contributed by atoms with Crippen LogP contribution in [0.3, 0.4) is 0 Å². The third-order valence-corrected chi connectivity index (χ3v) is 3.74. The van der Waals surface area contributed by atoms with E-state index in [9.17, 15) is 4.79 Å². The minimum absolute atomic E-state index is 0.0189. The summed E-state index contributed by atoms with van der Waals surface area (Å²) >= 11 is 0. The first kappa shape index (κ1) is 19.0. The van der Waals surface area contributed by atoms with Crippen molar-refractivity contribution in [1.29, 1.82) is 0 Å². The summed E-state index contributed by atoms with van der Waals surface area (Å²) in [6, 6.07) is 8.39. The van der Waals surface area contributed by atoms with E-state index < -0.39 is 0 Å². The van der Waals surface area contributed by atoms with Gasteiger partial charge in [0.15, 0.2) is 0 Å². The van der Waals surface area contributed by atoms with Crippen molar-refractivity contribution in [1.82, 2.24) is 5.32 Å². The van der Waals surface area contributed by atoms with Crippen LogP contribution in [0.1, 0.15) is 25.5 Å². The van der Waals surface area contributed by atoms with E-state index >= 15 is 0 Å². The number of ether oxygens (including phenoxy) is 1. The van der Waals surface area contributed by atoms with E-state index in [0.717, 1.165) is 16.8 Å². The van der Waals surface area contributed by atoms with Crippen LogP contribution in [-0.2, 0) is 9.53 Å². The summed E-state index contributed by atoms with van der Waals surface area (Å²) in [6.07, 6.45) is 5.45. The average molecular weight is 316 g/mol. The summed E-state index contributed by atoms with van der Waals surface area (Å²) in [6.45, 7) is 4.10. The van der Waals surface area contributed by atoms with E-state index in [2.05, 4.69) is 47.5 Å². The molecule has 0 saturated carbocycles. The molecule has 0 aliphatic carbocycles. The number of hydrogen-bond donors (Lipinski definition) is 1. The van der Waals surface area contributed by atoms with Gasteiger partial charge in [-0.3, -0.25) is 4.79 Å². The number of nitrogens with zero attached hydrogens (tertiary/aromatic N) is 1. The topological polar surface area (TPSA) is 41.6 Å². The van der Waals surface area contributed by atoms with Gasteiger partial charge in [-0.1, -0.05) is 36.8 Å². The molecule has 126 valence electrons. The van der Waals surface area contributed by atoms with Gasteiger partial charge in [0.05, 0.1) is 6.10 Å². The van der Waals surface area contributed by atoms with Crippen molar-refractivity contribution in [2.45, 2.75) is 20.0 Å². The molecule has 0 fully saturated rings. The normalized spacial score (nSPS) is 14.6. The molecule has 0 heterocycles. The number of rotatable bonds is 7. The number of nitrogens with one attached hydrogen (secondary N) is 1. The van der Waals surface area contributed by atoms with Crippen LogP contribution < -0.4 is 10.2 Å². The van der Waals surface area contributed by atoms with Crippen LogP contribution in [-0.4, -0.2) is 34.2 Å². The van der Waals surface area contributed by atoms with Crippen molar-refractivity contribution in [2.75, 3.05) is 33.2 Å². The maximum absolute atomic E-state index is 11.2. The molecular formula is C19H28N2O2. The molecule has 2 atom stereocenters. The smallest absolute Gasteiger partial charge is 0.243 e. The van der Waals surface area contributed by atoms with E-state index in [1.54, 1.807) is 14.2 Å². The minimum Gasteiger partial charge on any atom is -0.378 e. The summed E-state index contributed by atoms with van der Waals surface area (Å²) in [5.41, 5.74) is 3.34. The maximum atomic E-state index is 11.2. The van der Waals surface area contributed by atoms with E-state index in [1.807, 2.05) is 27.1 Å². The van der Waals surface area contributed by atoms with Crippen LogP contribution in [0.2, 0.25) is 0 Å². The molecular weight excluding hydrogens is 288 g/mol. The molecule has 0 spiro atoms. The molecule has 0 aromatic heterocycles. The molecule has 1 N–H and O–H groups in total. The molecule has 4 heteroatoms. The molecule has 0 aliphatic heterocycles. The second kappa shape index (κ2) is 9.16. The van der Waals surface area contributed by atoms with Gasteiger partial charge in [0.2, 0.25) is 5.91 Å². The van der Waals surface area contributed by atoms with Gasteiger partial charge in [0.1, 0.15) is 0 Å². The number of anilines is 1. The molecule has 0 aliphatic rings. The van der Waals surface area contributed by atoms with Crippen molar-refractivity contribution >= 4 is 11.6 Å². The van der Waals surface area contributed by atoms with Crippen LogP contribution in [0.4, 0.5) is 5.69 Å². The van der Waals surface area contributed by atoms with Gasteiger partial charge in [-0.05, 0) is 24.6 Å². The fraction of sp³-hybridized carbons (Fsp3) is 0.421. The van der Waals surface area contributed by atoms with Gasteiger partial charge in [-0.15, -0.1) is 0 Å². The number of carbonyl (C=O) groups is 1. The lowest BCUT2D eigenvalue weighted by Crippen LogP contribution is -2.14. The van der Waals surface area contributed by atoms with Crippen molar-refractivity contribution in [3.8, 4) is 0 Å². The Hall–Kier alpha value is -2.07. The Morgan fingerprint density at radius 2 is 1.83 bits per heavy atom. The lowest BCUT2D eigenvalue weighted by Gasteiger charge is -2.22. The van der Waals surface area contributed by atoms with Crippen molar-refractivity contribution < 1.29 is 9.53 Å². The van der Waals surface area contributed by atoms with E-state index in [1.165, 1.54) is 6.08 Å². The molecule has 0 radical (unpaired) electrons. The summed E-state index contributed by atoms with van der Waals surface area (Å²) in [7, 11) is 7.39. The largest absolute Gasteiger partial charge is 0.378 e. The number of benzene rings is 1. The highest BCUT2D eigenvalue weighted by molar-refractivity contribution is 5.87. The summed E-state index contributed by atoms with van der Waals surface area (Å²) in [4.78, 5) is 13.3. The molecule has 1 rings (SSSR count). The highest BCUT2D eigenvalue weighted by Gasteiger charge is 2.17. The number of methoxy groups -OCH3 is 1. The minimum atomic E-state index is -0.104. The molecule has 0 bridgehead atoms. The Kier molecular flexibility index (Phi) is 7.55. The predicted octanol–water partition coefficient (Wildman–Crippen LogP) is 3.32. The van der Waals surface area contributed by atoms with E-state index in [-0.39, 0.29) is 17.9 Å². The Morgan fingerprint density at radius 3 is 2.30 bits per heavy atom. The molecule has 0 saturated heterocycles. The molecule has 2 unspecified atom stereocenters. The standard InChI is InChI=1S/C19H28N2O2/c1-14(7-12-18(22)20-3)13-15(2)19(23-6)16-8-10-17(11-9-16)21(4)5/h7-13,15,19H,1-6H3,(H,20,22)/b12-7+,14-13+. The van der Waals surface area contributed by atoms with Gasteiger partial charge in [-0.25, -0.2) is 0 Å². The number of likely N-dealkylation sites (N-methyl/N-ethyl adjacent to an activating group) is 1. The third-order valence-electron chi connectivity index (χ3n) is 3.74. The average Bonchev–Trinajstić information content (AvgIpc) is 2.53. The van der Waals surface area contributed by atoms with Crippen LogP contribution in [0.25, 0.3) is 0 Å². The molecule has 23 heavy (non-hydrogen) atoms. The Balaban J connectivity index is 2.87. The summed E-state index contributed by atoms with van der Waals surface area (Å²) in [5.74, 6) is 0.0903. The van der Waals surface area contributed by atoms with Crippen LogP contribution in [0.5, 0.6) is 0 Å². The quantitative estimate of drug-likeness (QED) is 0.620. The second-order valence-electron chi connectivity index (χ2n) is 5.86.